The molecule has 0 unspecified atom stereocenters. The van der Waals surface area contributed by atoms with Crippen molar-refractivity contribution in [2.45, 2.75) is 137 Å². The summed E-state index contributed by atoms with van der Waals surface area (Å²) in [6.07, 6.45) is 23.7. The Hall–Kier alpha value is -0.790. The molecule has 0 bridgehead atoms. The maximum Gasteiger partial charge on any atom is 0.305 e. The van der Waals surface area contributed by atoms with E-state index < -0.39 is 0 Å². The van der Waals surface area contributed by atoms with Gasteiger partial charge in [-0.05, 0) is 85.9 Å². The molecule has 0 aliphatic heterocycles. The Morgan fingerprint density at radius 3 is 2.53 bits per heavy atom. The second kappa shape index (κ2) is 10.2. The fourth-order valence-electron chi connectivity index (χ4n) is 8.75. The molecule has 3 saturated carbocycles. The van der Waals surface area contributed by atoms with Crippen LogP contribution in [-0.2, 0) is 9.53 Å². The highest BCUT2D eigenvalue weighted by atomic mass is 16.5. The van der Waals surface area contributed by atoms with Crippen molar-refractivity contribution >= 4 is 5.97 Å². The van der Waals surface area contributed by atoms with E-state index in [1.807, 2.05) is 6.92 Å². The molecule has 0 amide bonds. The van der Waals surface area contributed by atoms with Crippen molar-refractivity contribution in [3.8, 4) is 0 Å². The minimum atomic E-state index is -0.0244. The number of hydrogen-bond acceptors (Lipinski definition) is 2. The third-order valence-corrected chi connectivity index (χ3v) is 10.7. The first-order valence-corrected chi connectivity index (χ1v) is 14.3. The quantitative estimate of drug-likeness (QED) is 0.203. The Bertz CT molecular complexity index is 680. The van der Waals surface area contributed by atoms with Crippen LogP contribution in [0.15, 0.2) is 11.6 Å². The molecule has 0 saturated heterocycles. The lowest BCUT2D eigenvalue weighted by Gasteiger charge is -2.58. The summed E-state index contributed by atoms with van der Waals surface area (Å²) in [5, 5.41) is 0. The molecule has 0 aromatic carbocycles. The van der Waals surface area contributed by atoms with E-state index in [9.17, 15) is 4.79 Å². The molecule has 0 aromatic heterocycles. The van der Waals surface area contributed by atoms with Gasteiger partial charge >= 0.3 is 5.97 Å². The summed E-state index contributed by atoms with van der Waals surface area (Å²) in [4.78, 5) is 11.8. The van der Waals surface area contributed by atoms with Crippen molar-refractivity contribution in [3.05, 3.63) is 11.6 Å². The third kappa shape index (κ3) is 4.58. The van der Waals surface area contributed by atoms with Gasteiger partial charge in [0, 0.05) is 12.8 Å². The molecule has 4 aliphatic rings. The fourth-order valence-corrected chi connectivity index (χ4v) is 8.75. The van der Waals surface area contributed by atoms with E-state index in [0.29, 0.717) is 17.3 Å². The average molecular weight is 443 g/mol. The summed E-state index contributed by atoms with van der Waals surface area (Å²) in [6.45, 7) is 9.47. The lowest BCUT2D eigenvalue weighted by Crippen LogP contribution is -2.50. The van der Waals surface area contributed by atoms with Gasteiger partial charge in [0.2, 0.25) is 0 Å². The van der Waals surface area contributed by atoms with Crippen LogP contribution in [-0.4, -0.2) is 12.1 Å². The van der Waals surface area contributed by atoms with Crippen LogP contribution < -0.4 is 0 Å². The molecule has 4 rings (SSSR count). The molecule has 2 heteroatoms. The highest BCUT2D eigenvalue weighted by molar-refractivity contribution is 5.69. The van der Waals surface area contributed by atoms with Gasteiger partial charge in [0.1, 0.15) is 6.10 Å². The van der Waals surface area contributed by atoms with Crippen molar-refractivity contribution in [3.63, 3.8) is 0 Å². The number of hydrogen-bond donors (Lipinski definition) is 0. The molecule has 32 heavy (non-hydrogen) atoms. The Morgan fingerprint density at radius 2 is 1.75 bits per heavy atom. The summed E-state index contributed by atoms with van der Waals surface area (Å²) >= 11 is 0. The predicted octanol–water partition coefficient (Wildman–Crippen LogP) is 8.64. The van der Waals surface area contributed by atoms with Gasteiger partial charge in [-0.2, -0.15) is 0 Å². The number of esters is 1. The molecular weight excluding hydrogens is 392 g/mol. The van der Waals surface area contributed by atoms with E-state index in [-0.39, 0.29) is 12.1 Å². The molecule has 0 N–H and O–H groups in total. The summed E-state index contributed by atoms with van der Waals surface area (Å²) in [5.41, 5.74) is 2.58. The third-order valence-electron chi connectivity index (χ3n) is 10.7. The van der Waals surface area contributed by atoms with Crippen LogP contribution in [0.4, 0.5) is 0 Å². The molecule has 0 aromatic rings. The summed E-state index contributed by atoms with van der Waals surface area (Å²) in [5.74, 6) is 3.64. The van der Waals surface area contributed by atoms with Gasteiger partial charge in [-0.15, -0.1) is 0 Å². The van der Waals surface area contributed by atoms with Crippen LogP contribution in [0, 0.1) is 34.5 Å². The summed E-state index contributed by atoms with van der Waals surface area (Å²) in [7, 11) is 0. The van der Waals surface area contributed by atoms with Gasteiger partial charge in [0.15, 0.2) is 0 Å². The fraction of sp³-hybridized carbons (Fsp3) is 0.900. The zero-order valence-corrected chi connectivity index (χ0v) is 21.6. The van der Waals surface area contributed by atoms with E-state index in [1.165, 1.54) is 83.5 Å². The maximum absolute atomic E-state index is 11.8. The summed E-state index contributed by atoms with van der Waals surface area (Å²) in [6, 6.07) is 0. The topological polar surface area (TPSA) is 26.3 Å². The molecule has 7 atom stereocenters. The minimum Gasteiger partial charge on any atom is -0.462 e. The molecule has 0 heterocycles. The average Bonchev–Trinajstić information content (AvgIpc) is 3.12. The largest absolute Gasteiger partial charge is 0.462 e. The first kappa shape index (κ1) is 24.3. The van der Waals surface area contributed by atoms with E-state index in [1.54, 1.807) is 5.57 Å². The Balaban J connectivity index is 1.38. The second-order valence-corrected chi connectivity index (χ2v) is 12.3. The number of allylic oxidation sites excluding steroid dienone is 1. The standard InChI is InChI=1S/C30H50O2/c1-5-7-8-9-10-11-12-22-14-16-26-25-15-13-23-21-24(32-28(31)6-2)17-19-30(23,4)27(25)18-20-29(22,26)3/h13,22,24-27H,5-12,14-21H2,1-4H3/t22-,24-,25+,26+,27+,29+,30-/m0/s1. The highest BCUT2D eigenvalue weighted by Crippen LogP contribution is 2.66. The van der Waals surface area contributed by atoms with E-state index >= 15 is 0 Å². The molecular formula is C30H50O2. The molecule has 2 nitrogen and oxygen atoms in total. The van der Waals surface area contributed by atoms with Gasteiger partial charge in [-0.1, -0.05) is 77.9 Å². The van der Waals surface area contributed by atoms with Gasteiger partial charge in [-0.3, -0.25) is 4.79 Å². The SMILES string of the molecule is CCCCCCCC[C@H]1CC[C@@H]2[C@H]3CC=C4C[C@@H](OC(=O)CC)CC[C@]4(C)[C@@H]3CC[C@]12C. The van der Waals surface area contributed by atoms with Crippen molar-refractivity contribution in [1.29, 1.82) is 0 Å². The minimum absolute atomic E-state index is 0.0244. The number of ether oxygens (including phenoxy) is 1. The summed E-state index contributed by atoms with van der Waals surface area (Å²) < 4.78 is 5.76. The van der Waals surface area contributed by atoms with Crippen molar-refractivity contribution in [2.75, 3.05) is 0 Å². The molecule has 4 aliphatic carbocycles. The van der Waals surface area contributed by atoms with Gasteiger partial charge in [-0.25, -0.2) is 0 Å². The van der Waals surface area contributed by atoms with Crippen molar-refractivity contribution in [1.82, 2.24) is 0 Å². The number of carbonyl (C=O) groups is 1. The second-order valence-electron chi connectivity index (χ2n) is 12.3. The Labute approximate surface area is 198 Å². The van der Waals surface area contributed by atoms with Crippen LogP contribution in [0.1, 0.15) is 130 Å². The number of unbranched alkanes of at least 4 members (excludes halogenated alkanes) is 5. The van der Waals surface area contributed by atoms with Gasteiger partial charge < -0.3 is 4.74 Å². The maximum atomic E-state index is 11.8. The van der Waals surface area contributed by atoms with E-state index in [2.05, 4.69) is 26.8 Å². The highest BCUT2D eigenvalue weighted by Gasteiger charge is 2.58. The number of rotatable bonds is 9. The van der Waals surface area contributed by atoms with Gasteiger partial charge in [0.05, 0.1) is 0 Å². The Morgan fingerprint density at radius 1 is 0.969 bits per heavy atom. The normalized spacial score (nSPS) is 40.8. The lowest BCUT2D eigenvalue weighted by atomic mass is 9.47. The molecule has 0 radical (unpaired) electrons. The van der Waals surface area contributed by atoms with E-state index in [0.717, 1.165) is 36.5 Å². The number of fused-ring (bicyclic) bond motifs is 5. The van der Waals surface area contributed by atoms with Crippen LogP contribution in [0.25, 0.3) is 0 Å². The van der Waals surface area contributed by atoms with Gasteiger partial charge in [0.25, 0.3) is 0 Å². The lowest BCUT2D eigenvalue weighted by molar-refractivity contribution is -0.151. The van der Waals surface area contributed by atoms with Crippen molar-refractivity contribution < 1.29 is 9.53 Å². The zero-order valence-electron chi connectivity index (χ0n) is 21.6. The first-order chi connectivity index (χ1) is 15.4. The van der Waals surface area contributed by atoms with Crippen LogP contribution in [0.3, 0.4) is 0 Å². The molecule has 3 fully saturated rings. The van der Waals surface area contributed by atoms with E-state index in [4.69, 9.17) is 4.74 Å². The Kier molecular flexibility index (Phi) is 7.78. The molecule has 182 valence electrons. The van der Waals surface area contributed by atoms with Crippen LogP contribution >= 0.6 is 0 Å². The smallest absolute Gasteiger partial charge is 0.305 e. The predicted molar refractivity (Wildman–Crippen MR) is 133 cm³/mol. The number of carbonyl (C=O) groups excluding carboxylic acids is 1. The van der Waals surface area contributed by atoms with Crippen molar-refractivity contribution in [2.24, 2.45) is 34.5 Å². The zero-order chi connectivity index (χ0) is 22.8. The van der Waals surface area contributed by atoms with Crippen LogP contribution in [0.2, 0.25) is 0 Å². The monoisotopic (exact) mass is 442 g/mol. The van der Waals surface area contributed by atoms with Crippen LogP contribution in [0.5, 0.6) is 0 Å². The first-order valence-electron chi connectivity index (χ1n) is 14.3. The molecule has 0 spiro atoms.